The van der Waals surface area contributed by atoms with Crippen LogP contribution in [-0.2, 0) is 9.59 Å². The summed E-state index contributed by atoms with van der Waals surface area (Å²) in [5.41, 5.74) is 3.94. The van der Waals surface area contributed by atoms with Gasteiger partial charge in [-0.3, -0.25) is 19.3 Å². The zero-order valence-electron chi connectivity index (χ0n) is 17.4. The van der Waals surface area contributed by atoms with Gasteiger partial charge in [0, 0.05) is 37.7 Å². The lowest BCUT2D eigenvalue weighted by molar-refractivity contribution is -0.138. The van der Waals surface area contributed by atoms with Crippen molar-refractivity contribution >= 4 is 17.7 Å². The van der Waals surface area contributed by atoms with Crippen LogP contribution in [0.15, 0.2) is 60.8 Å². The van der Waals surface area contributed by atoms with Crippen LogP contribution in [0.1, 0.15) is 35.2 Å². The highest BCUT2D eigenvalue weighted by Gasteiger charge is 2.28. The van der Waals surface area contributed by atoms with E-state index in [0.29, 0.717) is 30.8 Å². The summed E-state index contributed by atoms with van der Waals surface area (Å²) >= 11 is 0. The number of nitrogens with one attached hydrogen (secondary N) is 1. The van der Waals surface area contributed by atoms with E-state index in [2.05, 4.69) is 10.4 Å². The van der Waals surface area contributed by atoms with E-state index < -0.39 is 0 Å². The Morgan fingerprint density at radius 2 is 1.68 bits per heavy atom. The molecule has 1 aromatic heterocycles. The number of rotatable bonds is 7. The van der Waals surface area contributed by atoms with Crippen molar-refractivity contribution in [2.24, 2.45) is 0 Å². The number of nitrogens with zero attached hydrogens (tertiary/aromatic N) is 3. The predicted octanol–water partition coefficient (Wildman–Crippen LogP) is 3.12. The molecule has 0 spiro atoms. The third-order valence-corrected chi connectivity index (χ3v) is 5.30. The van der Waals surface area contributed by atoms with Gasteiger partial charge < -0.3 is 5.32 Å². The van der Waals surface area contributed by atoms with Gasteiger partial charge in [-0.25, -0.2) is 4.68 Å². The summed E-state index contributed by atoms with van der Waals surface area (Å²) < 4.78 is 1.71. The van der Waals surface area contributed by atoms with Crippen molar-refractivity contribution in [1.29, 1.82) is 0 Å². The zero-order chi connectivity index (χ0) is 21.8. The first kappa shape index (κ1) is 20.5. The lowest BCUT2D eigenvalue weighted by atomic mass is 10.1. The van der Waals surface area contributed by atoms with E-state index in [1.54, 1.807) is 10.9 Å². The summed E-state index contributed by atoms with van der Waals surface area (Å²) in [6.45, 7) is 2.70. The molecule has 0 bridgehead atoms. The second-order valence-electron chi connectivity index (χ2n) is 7.59. The van der Waals surface area contributed by atoms with Crippen molar-refractivity contribution < 1.29 is 14.4 Å². The van der Waals surface area contributed by atoms with Gasteiger partial charge in [0.05, 0.1) is 11.3 Å². The van der Waals surface area contributed by atoms with Gasteiger partial charge in [0.25, 0.3) is 5.91 Å². The van der Waals surface area contributed by atoms with Gasteiger partial charge in [-0.1, -0.05) is 48.0 Å². The number of imide groups is 1. The minimum absolute atomic E-state index is 0.137. The number of benzene rings is 2. The highest BCUT2D eigenvalue weighted by Crippen LogP contribution is 2.24. The molecule has 4 rings (SSSR count). The molecule has 1 fully saturated rings. The topological polar surface area (TPSA) is 84.3 Å². The van der Waals surface area contributed by atoms with Gasteiger partial charge in [0.2, 0.25) is 11.8 Å². The number of hydrogen-bond donors (Lipinski definition) is 1. The number of carbonyl (C=O) groups is 3. The number of likely N-dealkylation sites (tertiary alicyclic amines) is 1. The van der Waals surface area contributed by atoms with E-state index in [-0.39, 0.29) is 30.6 Å². The molecule has 158 valence electrons. The highest BCUT2D eigenvalue weighted by molar-refractivity contribution is 6.02. The highest BCUT2D eigenvalue weighted by atomic mass is 16.2. The van der Waals surface area contributed by atoms with Crippen molar-refractivity contribution in [3.8, 4) is 16.9 Å². The minimum atomic E-state index is -0.240. The molecular weight excluding hydrogens is 392 g/mol. The molecule has 2 aromatic carbocycles. The Hall–Kier alpha value is -3.74. The van der Waals surface area contributed by atoms with Crippen LogP contribution in [0.4, 0.5) is 0 Å². The monoisotopic (exact) mass is 416 g/mol. The summed E-state index contributed by atoms with van der Waals surface area (Å²) in [4.78, 5) is 37.6. The number of amides is 3. The molecule has 0 aliphatic carbocycles. The molecule has 0 saturated carbocycles. The summed E-state index contributed by atoms with van der Waals surface area (Å²) in [6, 6.07) is 17.5. The molecule has 0 unspecified atom stereocenters. The molecule has 0 radical (unpaired) electrons. The Morgan fingerprint density at radius 1 is 1.00 bits per heavy atom. The van der Waals surface area contributed by atoms with E-state index in [9.17, 15) is 14.4 Å². The third kappa shape index (κ3) is 4.55. The predicted molar refractivity (Wildman–Crippen MR) is 117 cm³/mol. The largest absolute Gasteiger partial charge is 0.352 e. The van der Waals surface area contributed by atoms with E-state index in [0.717, 1.165) is 16.8 Å². The Labute approximate surface area is 180 Å². The fraction of sp³-hybridized carbons (Fsp3) is 0.250. The van der Waals surface area contributed by atoms with Crippen LogP contribution in [0.3, 0.4) is 0 Å². The maximum absolute atomic E-state index is 13.0. The van der Waals surface area contributed by atoms with Gasteiger partial charge in [-0.05, 0) is 25.5 Å². The Bertz CT molecular complexity index is 1090. The average molecular weight is 416 g/mol. The molecule has 3 amide bonds. The van der Waals surface area contributed by atoms with Gasteiger partial charge in [0.15, 0.2) is 0 Å². The van der Waals surface area contributed by atoms with Crippen LogP contribution < -0.4 is 5.32 Å². The lowest BCUT2D eigenvalue weighted by Gasteiger charge is -2.13. The molecule has 0 atom stereocenters. The van der Waals surface area contributed by atoms with Gasteiger partial charge in [-0.2, -0.15) is 5.10 Å². The fourth-order valence-corrected chi connectivity index (χ4v) is 3.59. The third-order valence-electron chi connectivity index (χ3n) is 5.30. The normalized spacial score (nSPS) is 13.6. The molecule has 2 heterocycles. The number of aryl methyl sites for hydroxylation is 1. The number of aromatic nitrogens is 2. The van der Waals surface area contributed by atoms with E-state index in [1.165, 1.54) is 4.90 Å². The molecule has 7 heteroatoms. The first-order chi connectivity index (χ1) is 15.0. The summed E-state index contributed by atoms with van der Waals surface area (Å²) in [6.07, 6.45) is 2.81. The molecule has 1 N–H and O–H groups in total. The van der Waals surface area contributed by atoms with E-state index in [1.807, 2.05) is 61.5 Å². The molecular formula is C24H24N4O3. The van der Waals surface area contributed by atoms with Crippen LogP contribution in [0.25, 0.3) is 16.9 Å². The summed E-state index contributed by atoms with van der Waals surface area (Å²) in [5, 5.41) is 7.57. The van der Waals surface area contributed by atoms with Crippen molar-refractivity contribution in [1.82, 2.24) is 20.0 Å². The maximum atomic E-state index is 13.0. The minimum Gasteiger partial charge on any atom is -0.352 e. The van der Waals surface area contributed by atoms with Crippen LogP contribution in [0.2, 0.25) is 0 Å². The van der Waals surface area contributed by atoms with Crippen LogP contribution in [-0.4, -0.2) is 45.5 Å². The zero-order valence-corrected chi connectivity index (χ0v) is 17.4. The van der Waals surface area contributed by atoms with Crippen LogP contribution >= 0.6 is 0 Å². The smallest absolute Gasteiger partial charge is 0.255 e. The lowest BCUT2D eigenvalue weighted by Crippen LogP contribution is -2.33. The molecule has 3 aromatic rings. The molecule has 1 aliphatic heterocycles. The molecule has 31 heavy (non-hydrogen) atoms. The van der Waals surface area contributed by atoms with Crippen molar-refractivity contribution in [2.75, 3.05) is 13.1 Å². The van der Waals surface area contributed by atoms with Crippen LogP contribution in [0, 0.1) is 6.92 Å². The van der Waals surface area contributed by atoms with Gasteiger partial charge >= 0.3 is 0 Å². The standard InChI is InChI=1S/C24H24N4O3/c1-17-8-10-19(11-9-17)28-16-20(23(26-28)18-6-3-2-4-7-18)24(31)25-14-5-15-27-21(29)12-13-22(27)30/h2-4,6-11,16H,5,12-15H2,1H3,(H,25,31). The van der Waals surface area contributed by atoms with Crippen LogP contribution in [0.5, 0.6) is 0 Å². The van der Waals surface area contributed by atoms with Crippen molar-refractivity contribution in [2.45, 2.75) is 26.2 Å². The first-order valence-corrected chi connectivity index (χ1v) is 10.4. The average Bonchev–Trinajstić information content (AvgIpc) is 3.36. The van der Waals surface area contributed by atoms with Gasteiger partial charge in [0.1, 0.15) is 5.69 Å². The molecule has 7 nitrogen and oxygen atoms in total. The van der Waals surface area contributed by atoms with Crippen molar-refractivity contribution in [3.63, 3.8) is 0 Å². The first-order valence-electron chi connectivity index (χ1n) is 10.4. The summed E-state index contributed by atoms with van der Waals surface area (Å²) in [7, 11) is 0. The summed E-state index contributed by atoms with van der Waals surface area (Å²) in [5.74, 6) is -0.514. The van der Waals surface area contributed by atoms with E-state index >= 15 is 0 Å². The maximum Gasteiger partial charge on any atom is 0.255 e. The number of carbonyl (C=O) groups excluding carboxylic acids is 3. The SMILES string of the molecule is Cc1ccc(-n2cc(C(=O)NCCCN3C(=O)CCC3=O)c(-c3ccccc3)n2)cc1. The van der Waals surface area contributed by atoms with Crippen molar-refractivity contribution in [3.05, 3.63) is 71.9 Å². The Kier molecular flexibility index (Phi) is 5.93. The Balaban J connectivity index is 1.50. The quantitative estimate of drug-likeness (QED) is 0.474. The molecule has 1 saturated heterocycles. The second-order valence-corrected chi connectivity index (χ2v) is 7.59. The van der Waals surface area contributed by atoms with Gasteiger partial charge in [-0.15, -0.1) is 0 Å². The molecule has 1 aliphatic rings. The number of hydrogen-bond acceptors (Lipinski definition) is 4. The van der Waals surface area contributed by atoms with E-state index in [4.69, 9.17) is 0 Å². The second kappa shape index (κ2) is 8.95. The Morgan fingerprint density at radius 3 is 2.35 bits per heavy atom. The fourth-order valence-electron chi connectivity index (χ4n) is 3.59.